The van der Waals surface area contributed by atoms with E-state index in [1.54, 1.807) is 6.20 Å². The summed E-state index contributed by atoms with van der Waals surface area (Å²) in [7, 11) is 1.91. The molecule has 4 rings (SSSR count). The van der Waals surface area contributed by atoms with Gasteiger partial charge in [-0.3, -0.25) is 9.48 Å². The first-order valence-corrected chi connectivity index (χ1v) is 9.82. The molecule has 4 heterocycles. The lowest BCUT2D eigenvalue weighted by Gasteiger charge is -2.22. The molecular formula is C20H27N5O2. The van der Waals surface area contributed by atoms with Gasteiger partial charge in [-0.2, -0.15) is 5.10 Å². The largest absolute Gasteiger partial charge is 0.485 e. The Bertz CT molecular complexity index is 784. The normalized spacial score (nSPS) is 19.7. The molecule has 2 aliphatic heterocycles. The zero-order valence-electron chi connectivity index (χ0n) is 15.9. The molecule has 7 heteroatoms. The Morgan fingerprint density at radius 2 is 2.07 bits per heavy atom. The fourth-order valence-electron chi connectivity index (χ4n) is 3.91. The van der Waals surface area contributed by atoms with Gasteiger partial charge in [-0.15, -0.1) is 0 Å². The monoisotopic (exact) mass is 369 g/mol. The predicted octanol–water partition coefficient (Wildman–Crippen LogP) is 2.03. The van der Waals surface area contributed by atoms with Crippen molar-refractivity contribution in [2.24, 2.45) is 7.05 Å². The highest BCUT2D eigenvalue weighted by Gasteiger charge is 2.29. The summed E-state index contributed by atoms with van der Waals surface area (Å²) in [6, 6.07) is 5.87. The van der Waals surface area contributed by atoms with Crippen LogP contribution in [0.3, 0.4) is 0 Å². The van der Waals surface area contributed by atoms with E-state index in [9.17, 15) is 4.79 Å². The summed E-state index contributed by atoms with van der Waals surface area (Å²) in [5.41, 5.74) is 1.08. The molecule has 0 saturated carbocycles. The predicted molar refractivity (Wildman–Crippen MR) is 103 cm³/mol. The average Bonchev–Trinajstić information content (AvgIpc) is 3.43. The van der Waals surface area contributed by atoms with E-state index in [-0.39, 0.29) is 12.0 Å². The van der Waals surface area contributed by atoms with Gasteiger partial charge in [0.05, 0.1) is 6.54 Å². The lowest BCUT2D eigenvalue weighted by molar-refractivity contribution is -0.130. The van der Waals surface area contributed by atoms with Gasteiger partial charge in [-0.1, -0.05) is 0 Å². The van der Waals surface area contributed by atoms with Crippen LogP contribution in [0.1, 0.15) is 31.4 Å². The molecule has 0 aromatic carbocycles. The van der Waals surface area contributed by atoms with Gasteiger partial charge in [0.2, 0.25) is 5.91 Å². The first-order chi connectivity index (χ1) is 13.2. The van der Waals surface area contributed by atoms with Gasteiger partial charge < -0.3 is 14.5 Å². The molecule has 7 nitrogen and oxygen atoms in total. The van der Waals surface area contributed by atoms with Gasteiger partial charge in [0.1, 0.15) is 6.10 Å². The molecule has 2 fully saturated rings. The van der Waals surface area contributed by atoms with Crippen LogP contribution in [-0.4, -0.2) is 57.9 Å². The van der Waals surface area contributed by atoms with E-state index >= 15 is 0 Å². The Morgan fingerprint density at radius 1 is 1.22 bits per heavy atom. The van der Waals surface area contributed by atoms with E-state index in [0.717, 1.165) is 49.7 Å². The minimum absolute atomic E-state index is 0.0382. The smallest absolute Gasteiger partial charge is 0.223 e. The first-order valence-electron chi connectivity index (χ1n) is 9.82. The highest BCUT2D eigenvalue weighted by molar-refractivity contribution is 5.76. The maximum absolute atomic E-state index is 12.5. The maximum atomic E-state index is 12.5. The second kappa shape index (κ2) is 7.98. The van der Waals surface area contributed by atoms with Crippen LogP contribution >= 0.6 is 0 Å². The minimum Gasteiger partial charge on any atom is -0.485 e. The van der Waals surface area contributed by atoms with Crippen LogP contribution in [0.5, 0.6) is 5.75 Å². The van der Waals surface area contributed by atoms with Gasteiger partial charge in [0, 0.05) is 57.6 Å². The second-order valence-electron chi connectivity index (χ2n) is 7.33. The molecule has 2 aromatic heterocycles. The van der Waals surface area contributed by atoms with Crippen LogP contribution in [0.4, 0.5) is 5.82 Å². The number of pyridine rings is 1. The molecule has 0 N–H and O–H groups in total. The van der Waals surface area contributed by atoms with Crippen LogP contribution in [0, 0.1) is 0 Å². The lowest BCUT2D eigenvalue weighted by Crippen LogP contribution is -2.31. The van der Waals surface area contributed by atoms with Crippen molar-refractivity contribution in [1.29, 1.82) is 0 Å². The number of anilines is 1. The number of ether oxygens (including phenoxy) is 1. The lowest BCUT2D eigenvalue weighted by atomic mass is 10.2. The Labute approximate surface area is 159 Å². The molecule has 2 saturated heterocycles. The molecule has 0 spiro atoms. The molecule has 144 valence electrons. The average molecular weight is 369 g/mol. The third kappa shape index (κ3) is 4.07. The molecule has 0 radical (unpaired) electrons. The fraction of sp³-hybridized carbons (Fsp3) is 0.550. The van der Waals surface area contributed by atoms with Crippen molar-refractivity contribution < 1.29 is 9.53 Å². The summed E-state index contributed by atoms with van der Waals surface area (Å²) in [6.45, 7) is 3.49. The quantitative estimate of drug-likeness (QED) is 0.780. The third-order valence-corrected chi connectivity index (χ3v) is 5.47. The number of rotatable bonds is 6. The van der Waals surface area contributed by atoms with Crippen LogP contribution in [0.2, 0.25) is 0 Å². The van der Waals surface area contributed by atoms with E-state index < -0.39 is 0 Å². The SMILES string of the molecule is Cn1nccc1CCC(=O)N1CCC(Oc2cccnc2N2CCCC2)C1. The summed E-state index contributed by atoms with van der Waals surface area (Å²) in [5.74, 6) is 1.97. The van der Waals surface area contributed by atoms with Crippen molar-refractivity contribution in [3.8, 4) is 5.75 Å². The van der Waals surface area contributed by atoms with Gasteiger partial charge >= 0.3 is 0 Å². The summed E-state index contributed by atoms with van der Waals surface area (Å²) >= 11 is 0. The van der Waals surface area contributed by atoms with Crippen LogP contribution in [0.25, 0.3) is 0 Å². The molecule has 1 unspecified atom stereocenters. The van der Waals surface area contributed by atoms with Crippen LogP contribution < -0.4 is 9.64 Å². The number of aryl methyl sites for hydroxylation is 2. The molecule has 2 aromatic rings. The number of aromatic nitrogens is 3. The zero-order chi connectivity index (χ0) is 18.6. The fourth-order valence-corrected chi connectivity index (χ4v) is 3.91. The maximum Gasteiger partial charge on any atom is 0.223 e. The highest BCUT2D eigenvalue weighted by atomic mass is 16.5. The van der Waals surface area contributed by atoms with Gasteiger partial charge in [-0.25, -0.2) is 4.98 Å². The van der Waals surface area contributed by atoms with E-state index in [2.05, 4.69) is 15.0 Å². The van der Waals surface area contributed by atoms with E-state index in [0.29, 0.717) is 13.0 Å². The summed E-state index contributed by atoms with van der Waals surface area (Å²) in [5, 5.41) is 4.15. The van der Waals surface area contributed by atoms with E-state index in [1.807, 2.05) is 41.0 Å². The van der Waals surface area contributed by atoms with Crippen molar-refractivity contribution in [2.45, 2.75) is 38.2 Å². The zero-order valence-corrected chi connectivity index (χ0v) is 15.9. The van der Waals surface area contributed by atoms with Crippen molar-refractivity contribution in [1.82, 2.24) is 19.7 Å². The van der Waals surface area contributed by atoms with Crippen molar-refractivity contribution in [3.63, 3.8) is 0 Å². The molecular weight excluding hydrogens is 342 g/mol. The summed E-state index contributed by atoms with van der Waals surface area (Å²) in [6.07, 6.45) is 8.14. The number of nitrogens with zero attached hydrogens (tertiary/aromatic N) is 5. The number of likely N-dealkylation sites (tertiary alicyclic amines) is 1. The number of hydrogen-bond donors (Lipinski definition) is 0. The van der Waals surface area contributed by atoms with Crippen LogP contribution in [-0.2, 0) is 18.3 Å². The molecule has 2 aliphatic rings. The molecule has 0 aliphatic carbocycles. The number of carbonyl (C=O) groups is 1. The van der Waals surface area contributed by atoms with Crippen LogP contribution in [0.15, 0.2) is 30.6 Å². The summed E-state index contributed by atoms with van der Waals surface area (Å²) in [4.78, 5) is 21.3. The van der Waals surface area contributed by atoms with Gasteiger partial charge in [0.15, 0.2) is 11.6 Å². The molecule has 1 amide bonds. The van der Waals surface area contributed by atoms with Crippen molar-refractivity contribution in [2.75, 3.05) is 31.1 Å². The highest BCUT2D eigenvalue weighted by Crippen LogP contribution is 2.30. The number of hydrogen-bond acceptors (Lipinski definition) is 5. The van der Waals surface area contributed by atoms with Crippen molar-refractivity contribution >= 4 is 11.7 Å². The van der Waals surface area contributed by atoms with Crippen molar-refractivity contribution in [3.05, 3.63) is 36.3 Å². The Morgan fingerprint density at radius 3 is 2.85 bits per heavy atom. The van der Waals surface area contributed by atoms with E-state index in [4.69, 9.17) is 4.74 Å². The third-order valence-electron chi connectivity index (χ3n) is 5.47. The van der Waals surface area contributed by atoms with E-state index in [1.165, 1.54) is 12.8 Å². The standard InChI is InChI=1S/C20H27N5O2/c1-23-16(8-11-22-23)6-7-19(26)25-14-9-17(15-25)27-18-5-4-10-21-20(18)24-12-2-3-13-24/h4-5,8,10-11,17H,2-3,6-7,9,12-15H2,1H3. The van der Waals surface area contributed by atoms with Gasteiger partial charge in [-0.05, 0) is 37.5 Å². The molecule has 1 atom stereocenters. The minimum atomic E-state index is 0.0382. The summed E-state index contributed by atoms with van der Waals surface area (Å²) < 4.78 is 8.08. The Balaban J connectivity index is 1.32. The topological polar surface area (TPSA) is 63.5 Å². The Hall–Kier alpha value is -2.57. The second-order valence-corrected chi connectivity index (χ2v) is 7.33. The van der Waals surface area contributed by atoms with Gasteiger partial charge in [0.25, 0.3) is 0 Å². The molecule has 0 bridgehead atoms. The Kier molecular flexibility index (Phi) is 5.27. The first kappa shape index (κ1) is 17.8. The number of amides is 1. The molecule has 27 heavy (non-hydrogen) atoms. The number of carbonyl (C=O) groups excluding carboxylic acids is 1.